The first-order chi connectivity index (χ1) is 11.7. The fraction of sp³-hybridized carbons (Fsp3) is 0.533. The lowest BCUT2D eigenvalue weighted by atomic mass is 10.1. The summed E-state index contributed by atoms with van der Waals surface area (Å²) >= 11 is 5.64. The van der Waals surface area contributed by atoms with Gasteiger partial charge in [-0.2, -0.15) is 4.98 Å². The predicted octanol–water partition coefficient (Wildman–Crippen LogP) is 2.73. The molecule has 1 unspecified atom stereocenters. The number of rotatable bonds is 8. The number of nitrogens with one attached hydrogen (secondary N) is 2. The number of unbranched alkanes of at least 4 members (excludes halogenated alkanes) is 1. The zero-order valence-corrected chi connectivity index (χ0v) is 16.2. The number of sulfonamides is 1. The van der Waals surface area contributed by atoms with Crippen LogP contribution >= 0.6 is 11.6 Å². The molecule has 0 aliphatic carbocycles. The number of urea groups is 1. The van der Waals surface area contributed by atoms with Gasteiger partial charge in [0.25, 0.3) is 10.0 Å². The smallest absolute Gasteiger partial charge is 0.335 e. The van der Waals surface area contributed by atoms with Gasteiger partial charge in [0, 0.05) is 22.0 Å². The lowest BCUT2D eigenvalue weighted by molar-refractivity contribution is 0.256. The molecule has 140 valence electrons. The molecule has 1 aromatic heterocycles. The van der Waals surface area contributed by atoms with E-state index in [0.717, 1.165) is 30.2 Å². The molecule has 8 nitrogen and oxygen atoms in total. The zero-order valence-electron chi connectivity index (χ0n) is 14.7. The first-order valence-electron chi connectivity index (χ1n) is 7.76. The summed E-state index contributed by atoms with van der Waals surface area (Å²) in [5, 5.41) is 2.63. The molecule has 1 heterocycles. The lowest BCUT2D eigenvalue weighted by Gasteiger charge is -2.12. The molecule has 10 heteroatoms. The highest BCUT2D eigenvalue weighted by atomic mass is 35.5. The fourth-order valence-corrected chi connectivity index (χ4v) is 2.92. The molecule has 1 atom stereocenters. The van der Waals surface area contributed by atoms with E-state index in [2.05, 4.69) is 22.2 Å². The molecule has 1 rings (SSSR count). The maximum absolute atomic E-state index is 11.9. The minimum atomic E-state index is -3.96. The number of aromatic nitrogens is 2. The monoisotopic (exact) mass is 390 g/mol. The normalized spacial score (nSPS) is 12.8. The van der Waals surface area contributed by atoms with Crippen molar-refractivity contribution >= 4 is 33.6 Å². The Balaban J connectivity index is 2.89. The Labute approximate surface area is 153 Å². The van der Waals surface area contributed by atoms with E-state index in [1.807, 2.05) is 4.72 Å². The minimum absolute atomic E-state index is 0.0445. The number of carbonyl (C=O) groups is 1. The van der Waals surface area contributed by atoms with Gasteiger partial charge in [0.2, 0.25) is 11.8 Å². The quantitative estimate of drug-likeness (QED) is 0.660. The second-order valence-corrected chi connectivity index (χ2v) is 7.59. The molecule has 2 amide bonds. The van der Waals surface area contributed by atoms with E-state index in [0.29, 0.717) is 11.6 Å². The minimum Gasteiger partial charge on any atom is -0.481 e. The summed E-state index contributed by atoms with van der Waals surface area (Å²) in [6, 6.07) is -0.977. The van der Waals surface area contributed by atoms with Gasteiger partial charge in [-0.25, -0.2) is 22.9 Å². The topological polar surface area (TPSA) is 110 Å². The molecule has 0 radical (unpaired) electrons. The summed E-state index contributed by atoms with van der Waals surface area (Å²) in [6.07, 6.45) is 3.96. The van der Waals surface area contributed by atoms with Gasteiger partial charge in [-0.3, -0.25) is 5.32 Å². The molecule has 1 aromatic rings. The summed E-state index contributed by atoms with van der Waals surface area (Å²) in [5.74, 6) is 0.312. The average molecular weight is 391 g/mol. The number of nitrogens with zero attached hydrogens (tertiary/aromatic N) is 2. The molecule has 0 aliphatic heterocycles. The number of aryl methyl sites for hydroxylation is 1. The van der Waals surface area contributed by atoms with Crippen LogP contribution in [0.25, 0.3) is 0 Å². The Kier molecular flexibility index (Phi) is 8.11. The van der Waals surface area contributed by atoms with Crippen molar-refractivity contribution in [2.75, 3.05) is 12.4 Å². The van der Waals surface area contributed by atoms with Crippen molar-refractivity contribution in [1.29, 1.82) is 0 Å². The standard InChI is InChI=1S/C15H23ClN4O4S/c1-5-6-7-12-11(3)17-14(18-13(12)24-4)19-15(21)20-25(22,23)9-8-10(2)16/h8-10H,5-7H2,1-4H3,(H2,17,18,19,20,21). The summed E-state index contributed by atoms with van der Waals surface area (Å²) in [4.78, 5) is 20.1. The molecular weight excluding hydrogens is 368 g/mol. The second-order valence-electron chi connectivity index (χ2n) is 5.33. The molecule has 2 N–H and O–H groups in total. The van der Waals surface area contributed by atoms with Crippen LogP contribution in [-0.2, 0) is 16.4 Å². The summed E-state index contributed by atoms with van der Waals surface area (Å²) < 4.78 is 30.5. The van der Waals surface area contributed by atoms with Crippen LogP contribution in [0.5, 0.6) is 5.88 Å². The highest BCUT2D eigenvalue weighted by molar-refractivity contribution is 7.92. The number of anilines is 1. The first kappa shape index (κ1) is 21.2. The lowest BCUT2D eigenvalue weighted by Crippen LogP contribution is -2.33. The maximum atomic E-state index is 11.9. The van der Waals surface area contributed by atoms with Crippen LogP contribution in [0.1, 0.15) is 37.9 Å². The van der Waals surface area contributed by atoms with E-state index in [9.17, 15) is 13.2 Å². The molecule has 0 fully saturated rings. The number of allylic oxidation sites excluding steroid dienone is 1. The number of methoxy groups -OCH3 is 1. The van der Waals surface area contributed by atoms with Crippen molar-refractivity contribution in [2.24, 2.45) is 0 Å². The molecule has 0 aliphatic rings. The summed E-state index contributed by atoms with van der Waals surface area (Å²) in [7, 11) is -2.48. The van der Waals surface area contributed by atoms with Crippen LogP contribution in [0, 0.1) is 6.92 Å². The van der Waals surface area contributed by atoms with Crippen molar-refractivity contribution in [3.05, 3.63) is 22.7 Å². The SMILES string of the molecule is CCCCc1c(C)nc(NC(=O)NS(=O)(=O)C=CC(C)Cl)nc1OC. The number of carbonyl (C=O) groups excluding carboxylic acids is 1. The van der Waals surface area contributed by atoms with E-state index in [1.165, 1.54) is 13.2 Å². The Morgan fingerprint density at radius 3 is 2.64 bits per heavy atom. The summed E-state index contributed by atoms with van der Waals surface area (Å²) in [6.45, 7) is 5.44. The molecule has 0 aromatic carbocycles. The Hall–Kier alpha value is -1.87. The first-order valence-corrected chi connectivity index (χ1v) is 9.74. The van der Waals surface area contributed by atoms with Gasteiger partial charge < -0.3 is 4.74 Å². The molecule has 0 saturated heterocycles. The van der Waals surface area contributed by atoms with Gasteiger partial charge in [-0.1, -0.05) is 19.4 Å². The fourth-order valence-electron chi connectivity index (χ4n) is 1.94. The van der Waals surface area contributed by atoms with Crippen LogP contribution in [0.2, 0.25) is 0 Å². The highest BCUT2D eigenvalue weighted by Gasteiger charge is 2.16. The number of hydrogen-bond acceptors (Lipinski definition) is 6. The Morgan fingerprint density at radius 2 is 2.08 bits per heavy atom. The number of halogens is 1. The van der Waals surface area contributed by atoms with Crippen molar-refractivity contribution in [3.63, 3.8) is 0 Å². The maximum Gasteiger partial charge on any atom is 0.335 e. The van der Waals surface area contributed by atoms with Gasteiger partial charge in [0.1, 0.15) is 0 Å². The predicted molar refractivity (Wildman–Crippen MR) is 97.5 cm³/mol. The zero-order chi connectivity index (χ0) is 19.0. The van der Waals surface area contributed by atoms with E-state index >= 15 is 0 Å². The second kappa shape index (κ2) is 9.57. The van der Waals surface area contributed by atoms with Crippen LogP contribution in [0.15, 0.2) is 11.5 Å². The van der Waals surface area contributed by atoms with E-state index in [4.69, 9.17) is 16.3 Å². The summed E-state index contributed by atoms with van der Waals surface area (Å²) in [5.41, 5.74) is 1.52. The van der Waals surface area contributed by atoms with Crippen LogP contribution in [0.3, 0.4) is 0 Å². The van der Waals surface area contributed by atoms with Crippen LogP contribution in [-0.4, -0.2) is 36.9 Å². The Bertz CT molecular complexity index is 735. The van der Waals surface area contributed by atoms with E-state index < -0.39 is 21.4 Å². The number of alkyl halides is 1. The number of hydrogen-bond donors (Lipinski definition) is 2. The third-order valence-corrected chi connectivity index (χ3v) is 4.26. The Morgan fingerprint density at radius 1 is 1.40 bits per heavy atom. The van der Waals surface area contributed by atoms with Crippen molar-refractivity contribution in [3.8, 4) is 5.88 Å². The van der Waals surface area contributed by atoms with Gasteiger partial charge in [0.05, 0.1) is 7.11 Å². The van der Waals surface area contributed by atoms with Gasteiger partial charge in [0.15, 0.2) is 0 Å². The van der Waals surface area contributed by atoms with Crippen LogP contribution in [0.4, 0.5) is 10.7 Å². The molecular formula is C15H23ClN4O4S. The van der Waals surface area contributed by atoms with Gasteiger partial charge >= 0.3 is 6.03 Å². The van der Waals surface area contributed by atoms with Gasteiger partial charge in [-0.05, 0) is 26.7 Å². The van der Waals surface area contributed by atoms with E-state index in [1.54, 1.807) is 13.8 Å². The van der Waals surface area contributed by atoms with E-state index in [-0.39, 0.29) is 5.95 Å². The van der Waals surface area contributed by atoms with Crippen molar-refractivity contribution in [1.82, 2.24) is 14.7 Å². The van der Waals surface area contributed by atoms with Crippen molar-refractivity contribution in [2.45, 2.75) is 45.4 Å². The number of ether oxygens (including phenoxy) is 1. The van der Waals surface area contributed by atoms with Crippen LogP contribution < -0.4 is 14.8 Å². The third kappa shape index (κ3) is 7.27. The average Bonchev–Trinajstić information content (AvgIpc) is 2.51. The highest BCUT2D eigenvalue weighted by Crippen LogP contribution is 2.22. The molecule has 0 bridgehead atoms. The van der Waals surface area contributed by atoms with Gasteiger partial charge in [-0.15, -0.1) is 11.6 Å². The molecule has 0 spiro atoms. The molecule has 0 saturated carbocycles. The van der Waals surface area contributed by atoms with Crippen molar-refractivity contribution < 1.29 is 17.9 Å². The number of amides is 2. The largest absolute Gasteiger partial charge is 0.481 e. The third-order valence-electron chi connectivity index (χ3n) is 3.13. The molecule has 25 heavy (non-hydrogen) atoms.